The number of amides is 1. The van der Waals surface area contributed by atoms with E-state index < -0.39 is 18.5 Å². The molecule has 1 aliphatic carbocycles. The van der Waals surface area contributed by atoms with Crippen molar-refractivity contribution in [2.24, 2.45) is 0 Å². The van der Waals surface area contributed by atoms with Crippen molar-refractivity contribution in [1.29, 1.82) is 5.26 Å². The topological polar surface area (TPSA) is 91.2 Å². The molecule has 2 N–H and O–H groups in total. The average Bonchev–Trinajstić information content (AvgIpc) is 3.15. The lowest BCUT2D eigenvalue weighted by molar-refractivity contribution is -0.119. The highest BCUT2D eigenvalue weighted by atomic mass is 32.1. The van der Waals surface area contributed by atoms with Gasteiger partial charge in [-0.2, -0.15) is 5.26 Å². The second-order valence-electron chi connectivity index (χ2n) is 7.19. The van der Waals surface area contributed by atoms with Crippen LogP contribution in [0.15, 0.2) is 54.6 Å². The summed E-state index contributed by atoms with van der Waals surface area (Å²) in [5, 5.41) is 16.0. The number of rotatable bonds is 6. The Labute approximate surface area is 184 Å². The molecule has 0 aliphatic heterocycles. The van der Waals surface area contributed by atoms with Gasteiger partial charge in [0, 0.05) is 10.6 Å². The number of esters is 1. The summed E-state index contributed by atoms with van der Waals surface area (Å²) in [6, 6.07) is 18.7. The predicted molar refractivity (Wildman–Crippen MR) is 121 cm³/mol. The Bertz CT molecular complexity index is 1150. The van der Waals surface area contributed by atoms with Gasteiger partial charge in [-0.25, -0.2) is 4.79 Å². The minimum atomic E-state index is -0.597. The van der Waals surface area contributed by atoms with E-state index in [1.54, 1.807) is 18.2 Å². The van der Waals surface area contributed by atoms with Gasteiger partial charge in [0.05, 0.1) is 16.8 Å². The summed E-state index contributed by atoms with van der Waals surface area (Å²) in [5.74, 6) is -1.06. The molecule has 1 aliphatic rings. The number of ether oxygens (including phenoxy) is 1. The Hall–Kier alpha value is -3.63. The van der Waals surface area contributed by atoms with Gasteiger partial charge in [-0.15, -0.1) is 11.3 Å². The molecular weight excluding hydrogens is 410 g/mol. The summed E-state index contributed by atoms with van der Waals surface area (Å²) >= 11 is 1.44. The summed E-state index contributed by atoms with van der Waals surface area (Å²) in [7, 11) is 0. The Kier molecular flexibility index (Phi) is 6.29. The molecule has 0 bridgehead atoms. The van der Waals surface area contributed by atoms with Gasteiger partial charge in [-0.05, 0) is 55.5 Å². The standard InChI is InChI=1S/C24H21N3O3S/c25-14-19-17-10-5-7-13-21(17)31-23(19)27-22(28)15-30-24(29)18-11-4-6-12-20(18)26-16-8-2-1-3-9-16/h1-4,6,8-9,11-12,26H,5,7,10,13,15H2,(H,27,28). The van der Waals surface area contributed by atoms with Crippen LogP contribution in [0.25, 0.3) is 0 Å². The summed E-state index contributed by atoms with van der Waals surface area (Å²) < 4.78 is 5.25. The van der Waals surface area contributed by atoms with E-state index in [-0.39, 0.29) is 0 Å². The predicted octanol–water partition coefficient (Wildman–Crippen LogP) is 5.04. The Morgan fingerprint density at radius 2 is 1.77 bits per heavy atom. The second kappa shape index (κ2) is 9.45. The molecule has 6 nitrogen and oxygen atoms in total. The van der Waals surface area contributed by atoms with Crippen LogP contribution in [0.3, 0.4) is 0 Å². The third-order valence-corrected chi connectivity index (χ3v) is 6.28. The van der Waals surface area contributed by atoms with Crippen molar-refractivity contribution in [2.75, 3.05) is 17.2 Å². The van der Waals surface area contributed by atoms with Crippen molar-refractivity contribution in [3.63, 3.8) is 0 Å². The molecule has 7 heteroatoms. The summed E-state index contributed by atoms with van der Waals surface area (Å²) in [6.07, 6.45) is 3.95. The highest BCUT2D eigenvalue weighted by Gasteiger charge is 2.22. The number of nitrogens with zero attached hydrogens (tertiary/aromatic N) is 1. The number of aryl methyl sites for hydroxylation is 1. The molecule has 3 aromatic rings. The zero-order valence-corrected chi connectivity index (χ0v) is 17.6. The first kappa shape index (κ1) is 20.6. The van der Waals surface area contributed by atoms with Crippen LogP contribution >= 0.6 is 11.3 Å². The smallest absolute Gasteiger partial charge is 0.340 e. The van der Waals surface area contributed by atoms with Crippen LogP contribution in [-0.4, -0.2) is 18.5 Å². The Balaban J connectivity index is 1.40. The van der Waals surface area contributed by atoms with Gasteiger partial charge < -0.3 is 15.4 Å². The molecule has 0 radical (unpaired) electrons. The van der Waals surface area contributed by atoms with Crippen molar-refractivity contribution in [1.82, 2.24) is 0 Å². The van der Waals surface area contributed by atoms with Gasteiger partial charge in [-0.1, -0.05) is 30.3 Å². The van der Waals surface area contributed by atoms with Gasteiger partial charge in [-0.3, -0.25) is 4.79 Å². The van der Waals surface area contributed by atoms with E-state index in [9.17, 15) is 14.9 Å². The molecule has 0 saturated carbocycles. The molecule has 2 aromatic carbocycles. The number of nitriles is 1. The lowest BCUT2D eigenvalue weighted by atomic mass is 9.96. The molecule has 0 unspecified atom stereocenters. The largest absolute Gasteiger partial charge is 0.452 e. The molecule has 156 valence electrons. The maximum absolute atomic E-state index is 12.6. The molecule has 0 spiro atoms. The van der Waals surface area contributed by atoms with E-state index in [0.717, 1.165) is 41.8 Å². The van der Waals surface area contributed by atoms with Crippen LogP contribution < -0.4 is 10.6 Å². The molecule has 31 heavy (non-hydrogen) atoms. The van der Waals surface area contributed by atoms with E-state index in [0.29, 0.717) is 21.8 Å². The molecular formula is C24H21N3O3S. The van der Waals surface area contributed by atoms with Crippen LogP contribution in [0, 0.1) is 11.3 Å². The molecule has 0 saturated heterocycles. The summed E-state index contributed by atoms with van der Waals surface area (Å²) in [4.78, 5) is 26.2. The van der Waals surface area contributed by atoms with E-state index in [1.165, 1.54) is 11.3 Å². The molecule has 1 heterocycles. The number of carbonyl (C=O) groups excluding carboxylic acids is 2. The lowest BCUT2D eigenvalue weighted by Gasteiger charge is -2.12. The fourth-order valence-electron chi connectivity index (χ4n) is 3.59. The molecule has 4 rings (SSSR count). The van der Waals surface area contributed by atoms with Gasteiger partial charge in [0.15, 0.2) is 6.61 Å². The van der Waals surface area contributed by atoms with Crippen molar-refractivity contribution < 1.29 is 14.3 Å². The number of hydrogen-bond donors (Lipinski definition) is 2. The molecule has 1 amide bonds. The normalized spacial score (nSPS) is 12.4. The Morgan fingerprint density at radius 3 is 2.58 bits per heavy atom. The fraction of sp³-hybridized carbons (Fsp3) is 0.208. The zero-order chi connectivity index (χ0) is 21.6. The van der Waals surface area contributed by atoms with E-state index in [2.05, 4.69) is 16.7 Å². The minimum Gasteiger partial charge on any atom is -0.452 e. The van der Waals surface area contributed by atoms with Crippen LogP contribution in [0.4, 0.5) is 16.4 Å². The number of anilines is 3. The number of benzene rings is 2. The quantitative estimate of drug-likeness (QED) is 0.534. The third-order valence-electron chi connectivity index (χ3n) is 5.07. The fourth-order valence-corrected chi connectivity index (χ4v) is 4.85. The maximum atomic E-state index is 12.6. The Morgan fingerprint density at radius 1 is 1.03 bits per heavy atom. The van der Waals surface area contributed by atoms with Crippen LogP contribution in [0.2, 0.25) is 0 Å². The first-order chi connectivity index (χ1) is 15.2. The lowest BCUT2D eigenvalue weighted by Crippen LogP contribution is -2.21. The van der Waals surface area contributed by atoms with Gasteiger partial charge in [0.2, 0.25) is 0 Å². The number of para-hydroxylation sites is 2. The summed E-state index contributed by atoms with van der Waals surface area (Å²) in [5.41, 5.74) is 3.36. The number of nitrogens with one attached hydrogen (secondary N) is 2. The van der Waals surface area contributed by atoms with Crippen molar-refractivity contribution in [3.05, 3.63) is 76.2 Å². The number of thiophene rings is 1. The number of fused-ring (bicyclic) bond motifs is 1. The average molecular weight is 432 g/mol. The highest BCUT2D eigenvalue weighted by molar-refractivity contribution is 7.16. The van der Waals surface area contributed by atoms with Gasteiger partial charge in [0.25, 0.3) is 5.91 Å². The number of carbonyl (C=O) groups is 2. The van der Waals surface area contributed by atoms with Crippen LogP contribution in [0.5, 0.6) is 0 Å². The summed E-state index contributed by atoms with van der Waals surface area (Å²) in [6.45, 7) is -0.425. The van der Waals surface area contributed by atoms with Crippen molar-refractivity contribution >= 4 is 39.6 Å². The van der Waals surface area contributed by atoms with E-state index in [1.807, 2.05) is 36.4 Å². The van der Waals surface area contributed by atoms with Gasteiger partial charge in [0.1, 0.15) is 11.1 Å². The van der Waals surface area contributed by atoms with E-state index >= 15 is 0 Å². The first-order valence-electron chi connectivity index (χ1n) is 10.1. The zero-order valence-electron chi connectivity index (χ0n) is 16.8. The third kappa shape index (κ3) is 4.76. The first-order valence-corrected chi connectivity index (χ1v) is 10.9. The van der Waals surface area contributed by atoms with Gasteiger partial charge >= 0.3 is 5.97 Å². The molecule has 0 atom stereocenters. The highest BCUT2D eigenvalue weighted by Crippen LogP contribution is 2.37. The van der Waals surface area contributed by atoms with Crippen LogP contribution in [0.1, 0.15) is 39.2 Å². The molecule has 0 fully saturated rings. The van der Waals surface area contributed by atoms with Crippen molar-refractivity contribution in [2.45, 2.75) is 25.7 Å². The van der Waals surface area contributed by atoms with E-state index in [4.69, 9.17) is 4.74 Å². The van der Waals surface area contributed by atoms with Crippen LogP contribution in [-0.2, 0) is 22.4 Å². The monoisotopic (exact) mass is 431 g/mol. The number of hydrogen-bond acceptors (Lipinski definition) is 6. The molecule has 1 aromatic heterocycles. The van der Waals surface area contributed by atoms with Crippen molar-refractivity contribution in [3.8, 4) is 6.07 Å². The minimum absolute atomic E-state index is 0.337. The maximum Gasteiger partial charge on any atom is 0.340 e. The second-order valence-corrected chi connectivity index (χ2v) is 8.29. The SMILES string of the molecule is N#Cc1c(NC(=O)COC(=O)c2ccccc2Nc2ccccc2)sc2c1CCCC2.